The summed E-state index contributed by atoms with van der Waals surface area (Å²) in [7, 11) is -3.75. The number of para-hydroxylation sites is 1. The van der Waals surface area contributed by atoms with Gasteiger partial charge >= 0.3 is 0 Å². The van der Waals surface area contributed by atoms with Gasteiger partial charge < -0.3 is 9.42 Å². The van der Waals surface area contributed by atoms with Crippen LogP contribution in [0.4, 0.5) is 0 Å². The van der Waals surface area contributed by atoms with Crippen molar-refractivity contribution in [3.8, 4) is 0 Å². The first-order valence-corrected chi connectivity index (χ1v) is 12.4. The fraction of sp³-hybridized carbons (Fsp3) is 0.450. The van der Waals surface area contributed by atoms with E-state index in [1.54, 1.807) is 30.1 Å². The summed E-state index contributed by atoms with van der Waals surface area (Å²) in [6, 6.07) is 8.10. The highest BCUT2D eigenvalue weighted by atomic mass is 32.2. The van der Waals surface area contributed by atoms with E-state index in [1.807, 2.05) is 18.2 Å². The Kier molecular flexibility index (Phi) is 6.37. The van der Waals surface area contributed by atoms with E-state index in [1.165, 1.54) is 4.70 Å². The molecule has 1 aliphatic rings. The third kappa shape index (κ3) is 4.95. The molecule has 0 aliphatic carbocycles. The fourth-order valence-electron chi connectivity index (χ4n) is 3.72. The zero-order valence-corrected chi connectivity index (χ0v) is 19.1. The number of hydrogen-bond donors (Lipinski definition) is 1. The molecule has 2 aromatic heterocycles. The summed E-state index contributed by atoms with van der Waals surface area (Å²) in [6.07, 6.45) is 0.112. The maximum atomic E-state index is 12.5. The highest BCUT2D eigenvalue weighted by molar-refractivity contribution is 7.89. The second kappa shape index (κ2) is 9.03. The van der Waals surface area contributed by atoms with Gasteiger partial charge in [-0.3, -0.25) is 9.69 Å². The molecule has 166 valence electrons. The van der Waals surface area contributed by atoms with Crippen molar-refractivity contribution < 1.29 is 17.7 Å². The van der Waals surface area contributed by atoms with Crippen LogP contribution in [0, 0.1) is 13.8 Å². The van der Waals surface area contributed by atoms with E-state index in [4.69, 9.17) is 4.52 Å². The van der Waals surface area contributed by atoms with Gasteiger partial charge in [-0.05, 0) is 26.0 Å². The lowest BCUT2D eigenvalue weighted by molar-refractivity contribution is -0.132. The summed E-state index contributed by atoms with van der Waals surface area (Å²) in [6.45, 7) is 6.73. The first kappa shape index (κ1) is 21.9. The van der Waals surface area contributed by atoms with Crippen molar-refractivity contribution >= 4 is 37.5 Å². The SMILES string of the molecule is Cc1noc(C)c1S(=O)(=O)NCCC(=O)N1CCN(Cc2nc3ccccc3s2)CC1. The number of nitrogens with zero attached hydrogens (tertiary/aromatic N) is 4. The molecule has 4 rings (SSSR count). The number of benzene rings is 1. The number of aryl methyl sites for hydroxylation is 2. The van der Waals surface area contributed by atoms with Crippen LogP contribution in [0.2, 0.25) is 0 Å². The predicted octanol–water partition coefficient (Wildman–Crippen LogP) is 1.91. The molecule has 0 saturated carbocycles. The summed E-state index contributed by atoms with van der Waals surface area (Å²) in [5.74, 6) is 0.182. The lowest BCUT2D eigenvalue weighted by Crippen LogP contribution is -2.48. The van der Waals surface area contributed by atoms with Gasteiger partial charge in [0.2, 0.25) is 15.9 Å². The molecule has 1 fully saturated rings. The van der Waals surface area contributed by atoms with E-state index in [0.29, 0.717) is 18.8 Å². The molecule has 3 heterocycles. The van der Waals surface area contributed by atoms with Crippen LogP contribution in [0.25, 0.3) is 10.2 Å². The number of piperazine rings is 1. The van der Waals surface area contributed by atoms with Gasteiger partial charge in [0.25, 0.3) is 0 Å². The molecular weight excluding hydrogens is 438 g/mol. The molecule has 0 bridgehead atoms. The number of carbonyl (C=O) groups excluding carboxylic acids is 1. The van der Waals surface area contributed by atoms with Gasteiger partial charge in [0.1, 0.15) is 15.6 Å². The summed E-state index contributed by atoms with van der Waals surface area (Å²) < 4.78 is 33.4. The molecule has 1 amide bonds. The van der Waals surface area contributed by atoms with Gasteiger partial charge in [-0.2, -0.15) is 0 Å². The lowest BCUT2D eigenvalue weighted by Gasteiger charge is -2.34. The Morgan fingerprint density at radius 1 is 1.19 bits per heavy atom. The van der Waals surface area contributed by atoms with E-state index in [-0.39, 0.29) is 29.5 Å². The van der Waals surface area contributed by atoms with E-state index in [2.05, 4.69) is 25.8 Å². The number of nitrogens with one attached hydrogen (secondary N) is 1. The van der Waals surface area contributed by atoms with Crippen LogP contribution in [-0.4, -0.2) is 67.0 Å². The monoisotopic (exact) mass is 463 g/mol. The molecule has 0 atom stereocenters. The number of aromatic nitrogens is 2. The molecule has 0 unspecified atom stereocenters. The summed E-state index contributed by atoms with van der Waals surface area (Å²) in [4.78, 5) is 21.3. The number of sulfonamides is 1. The zero-order valence-electron chi connectivity index (χ0n) is 17.5. The van der Waals surface area contributed by atoms with Gasteiger partial charge in [-0.1, -0.05) is 17.3 Å². The Labute approximate surface area is 185 Å². The van der Waals surface area contributed by atoms with Gasteiger partial charge in [0.15, 0.2) is 5.76 Å². The number of hydrogen-bond acceptors (Lipinski definition) is 8. The van der Waals surface area contributed by atoms with Crippen LogP contribution in [0.1, 0.15) is 22.9 Å². The molecule has 1 aromatic carbocycles. The quantitative estimate of drug-likeness (QED) is 0.570. The van der Waals surface area contributed by atoms with Gasteiger partial charge in [0.05, 0.1) is 16.8 Å². The van der Waals surface area contributed by atoms with Crippen LogP contribution in [0.3, 0.4) is 0 Å². The summed E-state index contributed by atoms with van der Waals surface area (Å²) >= 11 is 1.70. The van der Waals surface area contributed by atoms with Crippen LogP contribution >= 0.6 is 11.3 Å². The van der Waals surface area contributed by atoms with Crippen molar-refractivity contribution in [2.45, 2.75) is 31.7 Å². The Balaban J connectivity index is 1.24. The molecular formula is C20H25N5O4S2. The van der Waals surface area contributed by atoms with E-state index >= 15 is 0 Å². The average Bonchev–Trinajstić information content (AvgIpc) is 3.30. The molecule has 31 heavy (non-hydrogen) atoms. The van der Waals surface area contributed by atoms with E-state index in [9.17, 15) is 13.2 Å². The third-order valence-corrected chi connectivity index (χ3v) is 8.02. The fourth-order valence-corrected chi connectivity index (χ4v) is 6.08. The third-order valence-electron chi connectivity index (χ3n) is 5.29. The first-order valence-electron chi connectivity index (χ1n) is 10.1. The van der Waals surface area contributed by atoms with Crippen LogP contribution in [0.5, 0.6) is 0 Å². The second-order valence-electron chi connectivity index (χ2n) is 7.53. The number of rotatable bonds is 7. The van der Waals surface area contributed by atoms with Crippen molar-refractivity contribution in [2.24, 2.45) is 0 Å². The lowest BCUT2D eigenvalue weighted by atomic mass is 10.2. The zero-order chi connectivity index (χ0) is 22.0. The Bertz CT molecular complexity index is 1130. The minimum atomic E-state index is -3.75. The van der Waals surface area contributed by atoms with Crippen LogP contribution in [0.15, 0.2) is 33.7 Å². The first-order chi connectivity index (χ1) is 14.8. The number of thiazole rings is 1. The Hall–Kier alpha value is -2.34. The molecule has 11 heteroatoms. The normalized spacial score (nSPS) is 15.6. The largest absolute Gasteiger partial charge is 0.360 e. The Morgan fingerprint density at radius 3 is 2.61 bits per heavy atom. The molecule has 1 N–H and O–H groups in total. The highest BCUT2D eigenvalue weighted by Crippen LogP contribution is 2.23. The highest BCUT2D eigenvalue weighted by Gasteiger charge is 2.25. The maximum absolute atomic E-state index is 12.5. The van der Waals surface area contributed by atoms with Crippen molar-refractivity contribution in [2.75, 3.05) is 32.7 Å². The summed E-state index contributed by atoms with van der Waals surface area (Å²) in [5, 5.41) is 4.75. The standard InChI is InChI=1S/C20H25N5O4S2/c1-14-20(15(2)29-23-14)31(27,28)21-8-7-19(26)25-11-9-24(10-12-25)13-18-22-16-5-3-4-6-17(16)30-18/h3-6,21H,7-13H2,1-2H3. The second-order valence-corrected chi connectivity index (χ2v) is 10.4. The van der Waals surface area contributed by atoms with Gasteiger partial charge in [-0.15, -0.1) is 11.3 Å². The van der Waals surface area contributed by atoms with Gasteiger partial charge in [-0.25, -0.2) is 18.1 Å². The number of carbonyl (C=O) groups is 1. The molecule has 3 aromatic rings. The van der Waals surface area contributed by atoms with Crippen LogP contribution in [-0.2, 0) is 21.4 Å². The van der Waals surface area contributed by atoms with Crippen molar-refractivity contribution in [3.05, 3.63) is 40.7 Å². The minimum Gasteiger partial charge on any atom is -0.360 e. The molecule has 0 radical (unpaired) electrons. The van der Waals surface area contributed by atoms with E-state index < -0.39 is 10.0 Å². The predicted molar refractivity (Wildman–Crippen MR) is 117 cm³/mol. The van der Waals surface area contributed by atoms with Crippen molar-refractivity contribution in [1.29, 1.82) is 0 Å². The van der Waals surface area contributed by atoms with Crippen molar-refractivity contribution in [3.63, 3.8) is 0 Å². The maximum Gasteiger partial charge on any atom is 0.245 e. The van der Waals surface area contributed by atoms with Gasteiger partial charge in [0, 0.05) is 39.1 Å². The Morgan fingerprint density at radius 2 is 1.94 bits per heavy atom. The average molecular weight is 464 g/mol. The number of fused-ring (bicyclic) bond motifs is 1. The molecule has 1 aliphatic heterocycles. The number of amides is 1. The molecule has 9 nitrogen and oxygen atoms in total. The smallest absolute Gasteiger partial charge is 0.245 e. The minimum absolute atomic E-state index is 0.0388. The van der Waals surface area contributed by atoms with Crippen LogP contribution < -0.4 is 4.72 Å². The molecule has 0 spiro atoms. The van der Waals surface area contributed by atoms with Crippen molar-refractivity contribution in [1.82, 2.24) is 24.7 Å². The topological polar surface area (TPSA) is 109 Å². The molecule has 1 saturated heterocycles. The summed E-state index contributed by atoms with van der Waals surface area (Å²) in [5.41, 5.74) is 1.33. The van der Waals surface area contributed by atoms with E-state index in [0.717, 1.165) is 30.2 Å².